The van der Waals surface area contributed by atoms with Gasteiger partial charge < -0.3 is 10.1 Å². The van der Waals surface area contributed by atoms with E-state index in [0.717, 1.165) is 28.3 Å². The Hall–Kier alpha value is -0.730. The highest BCUT2D eigenvalue weighted by Crippen LogP contribution is 2.30. The molecule has 1 aromatic rings. The van der Waals surface area contributed by atoms with Crippen LogP contribution in [0.25, 0.3) is 0 Å². The summed E-state index contributed by atoms with van der Waals surface area (Å²) in [7, 11) is 3.66. The molecule has 0 amide bonds. The van der Waals surface area contributed by atoms with Gasteiger partial charge in [-0.25, -0.2) is 0 Å². The average Bonchev–Trinajstić information content (AvgIpc) is 2.16. The van der Waals surface area contributed by atoms with Crippen molar-refractivity contribution in [2.75, 3.05) is 14.2 Å². The number of hydrogen-bond donors (Lipinski definition) is 1. The standard InChI is InChI=1S/C13H20ClNO/c1-9-6-11(14)7-10(12(9)16-5)8-13(2,3)15-4/h6-7,15H,8H2,1-5H3. The highest BCUT2D eigenvalue weighted by Gasteiger charge is 2.19. The lowest BCUT2D eigenvalue weighted by molar-refractivity contribution is 0.384. The molecule has 0 spiro atoms. The third-order valence-corrected chi connectivity index (χ3v) is 3.05. The van der Waals surface area contributed by atoms with Crippen LogP contribution < -0.4 is 10.1 Å². The first-order valence-corrected chi connectivity index (χ1v) is 5.79. The summed E-state index contributed by atoms with van der Waals surface area (Å²) in [6, 6.07) is 3.91. The van der Waals surface area contributed by atoms with E-state index in [1.54, 1.807) is 7.11 Å². The Balaban J connectivity index is 3.12. The van der Waals surface area contributed by atoms with E-state index < -0.39 is 0 Å². The molecule has 0 aliphatic heterocycles. The quantitative estimate of drug-likeness (QED) is 0.874. The van der Waals surface area contributed by atoms with Crippen molar-refractivity contribution in [1.82, 2.24) is 5.32 Å². The predicted molar refractivity (Wildman–Crippen MR) is 69.6 cm³/mol. The molecule has 0 aliphatic carbocycles. The molecule has 1 N–H and O–H groups in total. The van der Waals surface area contributed by atoms with Gasteiger partial charge in [-0.2, -0.15) is 0 Å². The summed E-state index contributed by atoms with van der Waals surface area (Å²) in [5, 5.41) is 4.05. The zero-order valence-electron chi connectivity index (χ0n) is 10.6. The summed E-state index contributed by atoms with van der Waals surface area (Å²) in [5.41, 5.74) is 2.26. The van der Waals surface area contributed by atoms with Crippen LogP contribution in [0.5, 0.6) is 5.75 Å². The fourth-order valence-electron chi connectivity index (χ4n) is 1.79. The topological polar surface area (TPSA) is 21.3 Å². The molecule has 16 heavy (non-hydrogen) atoms. The number of rotatable bonds is 4. The number of benzene rings is 1. The Morgan fingerprint density at radius 2 is 2.00 bits per heavy atom. The smallest absolute Gasteiger partial charge is 0.125 e. The number of methoxy groups -OCH3 is 1. The predicted octanol–water partition coefficient (Wildman–Crippen LogP) is 3.20. The number of halogens is 1. The van der Waals surface area contributed by atoms with Crippen LogP contribution in [-0.2, 0) is 6.42 Å². The monoisotopic (exact) mass is 241 g/mol. The zero-order valence-corrected chi connectivity index (χ0v) is 11.4. The molecule has 0 saturated carbocycles. The lowest BCUT2D eigenvalue weighted by Crippen LogP contribution is -2.38. The zero-order chi connectivity index (χ0) is 12.3. The molecule has 0 bridgehead atoms. The summed E-state index contributed by atoms with van der Waals surface area (Å²) in [4.78, 5) is 0. The molecule has 0 saturated heterocycles. The van der Waals surface area contributed by atoms with Crippen molar-refractivity contribution >= 4 is 11.6 Å². The highest BCUT2D eigenvalue weighted by atomic mass is 35.5. The fraction of sp³-hybridized carbons (Fsp3) is 0.538. The third-order valence-electron chi connectivity index (χ3n) is 2.83. The van der Waals surface area contributed by atoms with E-state index in [0.29, 0.717) is 0 Å². The Morgan fingerprint density at radius 1 is 1.38 bits per heavy atom. The molecule has 90 valence electrons. The number of ether oxygens (including phenoxy) is 1. The minimum atomic E-state index is 0.0321. The van der Waals surface area contributed by atoms with Crippen molar-refractivity contribution in [1.29, 1.82) is 0 Å². The second kappa shape index (κ2) is 5.07. The van der Waals surface area contributed by atoms with Crippen LogP contribution in [0.4, 0.5) is 0 Å². The van der Waals surface area contributed by atoms with Gasteiger partial charge in [-0.05, 0) is 57.5 Å². The van der Waals surface area contributed by atoms with Gasteiger partial charge in [0.05, 0.1) is 7.11 Å². The SMILES string of the molecule is CNC(C)(C)Cc1cc(Cl)cc(C)c1OC. The Morgan fingerprint density at radius 3 is 2.50 bits per heavy atom. The van der Waals surface area contributed by atoms with Gasteiger partial charge in [0.2, 0.25) is 0 Å². The molecule has 1 rings (SSSR count). The van der Waals surface area contributed by atoms with Crippen molar-refractivity contribution in [3.8, 4) is 5.75 Å². The minimum absolute atomic E-state index is 0.0321. The highest BCUT2D eigenvalue weighted by molar-refractivity contribution is 6.30. The van der Waals surface area contributed by atoms with E-state index in [2.05, 4.69) is 19.2 Å². The van der Waals surface area contributed by atoms with Crippen LogP contribution in [0.1, 0.15) is 25.0 Å². The Labute approximate surface area is 103 Å². The second-order valence-corrected chi connectivity index (χ2v) is 5.16. The molecule has 1 aromatic carbocycles. The molecule has 0 aliphatic rings. The van der Waals surface area contributed by atoms with Crippen molar-refractivity contribution in [2.45, 2.75) is 32.7 Å². The van der Waals surface area contributed by atoms with Gasteiger partial charge in [-0.3, -0.25) is 0 Å². The van der Waals surface area contributed by atoms with Crippen LogP contribution in [0, 0.1) is 6.92 Å². The van der Waals surface area contributed by atoms with Crippen LogP contribution in [0.2, 0.25) is 5.02 Å². The van der Waals surface area contributed by atoms with Crippen LogP contribution in [0.15, 0.2) is 12.1 Å². The molecule has 0 unspecified atom stereocenters. The lowest BCUT2D eigenvalue weighted by atomic mass is 9.93. The molecular formula is C13H20ClNO. The first-order valence-electron chi connectivity index (χ1n) is 5.41. The summed E-state index contributed by atoms with van der Waals surface area (Å²) < 4.78 is 5.44. The van der Waals surface area contributed by atoms with Gasteiger partial charge in [0.1, 0.15) is 5.75 Å². The molecule has 0 radical (unpaired) electrons. The van der Waals surface area contributed by atoms with Crippen molar-refractivity contribution < 1.29 is 4.74 Å². The normalized spacial score (nSPS) is 11.6. The largest absolute Gasteiger partial charge is 0.496 e. The molecule has 3 heteroatoms. The summed E-state index contributed by atoms with van der Waals surface area (Å²) >= 11 is 6.08. The van der Waals surface area contributed by atoms with Gasteiger partial charge in [-0.1, -0.05) is 11.6 Å². The van der Waals surface area contributed by atoms with Crippen molar-refractivity contribution in [2.24, 2.45) is 0 Å². The van der Waals surface area contributed by atoms with Crippen LogP contribution in [0.3, 0.4) is 0 Å². The first-order chi connectivity index (χ1) is 7.39. The number of hydrogen-bond acceptors (Lipinski definition) is 2. The molecule has 0 heterocycles. The van der Waals surface area contributed by atoms with Crippen molar-refractivity contribution in [3.05, 3.63) is 28.3 Å². The Bertz CT molecular complexity index is 374. The van der Waals surface area contributed by atoms with E-state index in [9.17, 15) is 0 Å². The van der Waals surface area contributed by atoms with Gasteiger partial charge in [0, 0.05) is 10.6 Å². The maximum Gasteiger partial charge on any atom is 0.125 e. The average molecular weight is 242 g/mol. The van der Waals surface area contributed by atoms with Crippen molar-refractivity contribution in [3.63, 3.8) is 0 Å². The minimum Gasteiger partial charge on any atom is -0.496 e. The van der Waals surface area contributed by atoms with E-state index in [1.807, 2.05) is 26.1 Å². The molecule has 0 fully saturated rings. The van der Waals surface area contributed by atoms with Crippen LogP contribution >= 0.6 is 11.6 Å². The van der Waals surface area contributed by atoms with E-state index in [-0.39, 0.29) is 5.54 Å². The number of nitrogens with one attached hydrogen (secondary N) is 1. The fourth-order valence-corrected chi connectivity index (χ4v) is 2.08. The second-order valence-electron chi connectivity index (χ2n) is 4.73. The van der Waals surface area contributed by atoms with E-state index >= 15 is 0 Å². The maximum atomic E-state index is 6.08. The molecule has 2 nitrogen and oxygen atoms in total. The third kappa shape index (κ3) is 3.13. The van der Waals surface area contributed by atoms with E-state index in [1.165, 1.54) is 0 Å². The number of likely N-dealkylation sites (N-methyl/N-ethyl adjacent to an activating group) is 1. The van der Waals surface area contributed by atoms with Gasteiger partial charge in [0.15, 0.2) is 0 Å². The van der Waals surface area contributed by atoms with Gasteiger partial charge >= 0.3 is 0 Å². The molecule has 0 aromatic heterocycles. The maximum absolute atomic E-state index is 6.08. The summed E-state index contributed by atoms with van der Waals surface area (Å²) in [5.74, 6) is 0.938. The summed E-state index contributed by atoms with van der Waals surface area (Å²) in [6.07, 6.45) is 0.883. The molecular weight excluding hydrogens is 222 g/mol. The molecule has 0 atom stereocenters. The number of aryl methyl sites for hydroxylation is 1. The van der Waals surface area contributed by atoms with Gasteiger partial charge in [-0.15, -0.1) is 0 Å². The van der Waals surface area contributed by atoms with Crippen LogP contribution in [-0.4, -0.2) is 19.7 Å². The lowest BCUT2D eigenvalue weighted by Gasteiger charge is -2.25. The van der Waals surface area contributed by atoms with E-state index in [4.69, 9.17) is 16.3 Å². The van der Waals surface area contributed by atoms with Gasteiger partial charge in [0.25, 0.3) is 0 Å². The first kappa shape index (κ1) is 13.3. The summed E-state index contributed by atoms with van der Waals surface area (Å²) in [6.45, 7) is 6.33. The Kier molecular flexibility index (Phi) is 4.22.